The van der Waals surface area contributed by atoms with Gasteiger partial charge in [0.05, 0.1) is 11.1 Å². The number of rotatable bonds is 8. The minimum absolute atomic E-state index is 0.225. The van der Waals surface area contributed by atoms with Gasteiger partial charge in [0.15, 0.2) is 11.0 Å². The van der Waals surface area contributed by atoms with Gasteiger partial charge in [0.25, 0.3) is 0 Å². The van der Waals surface area contributed by atoms with Gasteiger partial charge >= 0.3 is 0 Å². The maximum atomic E-state index is 9.67. The minimum Gasteiger partial charge on any atom is -0.484 e. The van der Waals surface area contributed by atoms with E-state index in [-0.39, 0.29) is 5.25 Å². The Kier molecular flexibility index (Phi) is 6.08. The molecule has 4 rings (SSSR count). The van der Waals surface area contributed by atoms with Gasteiger partial charge in [0, 0.05) is 6.04 Å². The fourth-order valence-corrected chi connectivity index (χ4v) is 4.30. The molecular formula is C22H21ClN4OS. The van der Waals surface area contributed by atoms with Gasteiger partial charge in [-0.15, -0.1) is 10.2 Å². The van der Waals surface area contributed by atoms with Crippen molar-refractivity contribution in [2.75, 3.05) is 0 Å². The second-order valence-electron chi connectivity index (χ2n) is 7.14. The highest BCUT2D eigenvalue weighted by Gasteiger charge is 2.31. The van der Waals surface area contributed by atoms with E-state index in [0.29, 0.717) is 29.8 Å². The van der Waals surface area contributed by atoms with Crippen LogP contribution in [0.5, 0.6) is 5.75 Å². The Morgan fingerprint density at radius 1 is 1.21 bits per heavy atom. The molecule has 1 aliphatic carbocycles. The van der Waals surface area contributed by atoms with E-state index in [4.69, 9.17) is 16.3 Å². The summed E-state index contributed by atoms with van der Waals surface area (Å²) in [7, 11) is 0. The first-order valence-electron chi connectivity index (χ1n) is 9.57. The molecule has 1 aliphatic rings. The molecule has 1 unspecified atom stereocenters. The molecule has 0 aliphatic heterocycles. The van der Waals surface area contributed by atoms with Gasteiger partial charge in [-0.2, -0.15) is 5.26 Å². The van der Waals surface area contributed by atoms with E-state index in [0.717, 1.165) is 29.4 Å². The maximum Gasteiger partial charge on any atom is 0.192 e. The first-order chi connectivity index (χ1) is 14.1. The van der Waals surface area contributed by atoms with Gasteiger partial charge in [-0.1, -0.05) is 65.3 Å². The molecule has 0 spiro atoms. The first kappa shape index (κ1) is 19.8. The van der Waals surface area contributed by atoms with Gasteiger partial charge in [0.1, 0.15) is 17.6 Å². The Bertz CT molecular complexity index is 1020. The Labute approximate surface area is 179 Å². The molecular weight excluding hydrogens is 404 g/mol. The number of benzene rings is 2. The second kappa shape index (κ2) is 8.89. The fraction of sp³-hybridized carbons (Fsp3) is 0.318. The summed E-state index contributed by atoms with van der Waals surface area (Å²) < 4.78 is 7.99. The SMILES string of the molecule is Cc1ccc(CC(C#N)Sc2nnc(COc3ccccc3Cl)n2C2CC2)cc1. The number of aryl methyl sites for hydroxylation is 1. The van der Waals surface area contributed by atoms with E-state index in [2.05, 4.69) is 52.0 Å². The molecule has 29 heavy (non-hydrogen) atoms. The lowest BCUT2D eigenvalue weighted by atomic mass is 10.1. The molecule has 0 amide bonds. The minimum atomic E-state index is -0.225. The van der Waals surface area contributed by atoms with Gasteiger partial charge in [-0.05, 0) is 43.9 Å². The molecule has 1 heterocycles. The Hall–Kier alpha value is -2.49. The van der Waals surface area contributed by atoms with E-state index >= 15 is 0 Å². The van der Waals surface area contributed by atoms with Crippen molar-refractivity contribution >= 4 is 23.4 Å². The van der Waals surface area contributed by atoms with Crippen LogP contribution in [0.2, 0.25) is 5.02 Å². The van der Waals surface area contributed by atoms with E-state index in [1.165, 1.54) is 17.3 Å². The van der Waals surface area contributed by atoms with Crippen LogP contribution >= 0.6 is 23.4 Å². The summed E-state index contributed by atoms with van der Waals surface area (Å²) in [5, 5.41) is 19.5. The number of hydrogen-bond donors (Lipinski definition) is 0. The summed E-state index contributed by atoms with van der Waals surface area (Å²) in [6, 6.07) is 18.5. The zero-order chi connectivity index (χ0) is 20.2. The smallest absolute Gasteiger partial charge is 0.192 e. The van der Waals surface area contributed by atoms with Crippen molar-refractivity contribution in [2.24, 2.45) is 0 Å². The van der Waals surface area contributed by atoms with Crippen molar-refractivity contribution in [2.45, 2.75) is 49.2 Å². The number of thioether (sulfide) groups is 1. The number of para-hydroxylation sites is 1. The van der Waals surface area contributed by atoms with Gasteiger partial charge in [-0.3, -0.25) is 4.57 Å². The highest BCUT2D eigenvalue weighted by atomic mass is 35.5. The summed E-state index contributed by atoms with van der Waals surface area (Å²) in [5.74, 6) is 1.39. The highest BCUT2D eigenvalue weighted by molar-refractivity contribution is 8.00. The van der Waals surface area contributed by atoms with Crippen LogP contribution in [0.3, 0.4) is 0 Å². The molecule has 5 nitrogen and oxygen atoms in total. The van der Waals surface area contributed by atoms with Crippen LogP contribution in [0, 0.1) is 18.3 Å². The first-order valence-corrected chi connectivity index (χ1v) is 10.8. The predicted octanol–water partition coefficient (Wildman–Crippen LogP) is 5.38. The van der Waals surface area contributed by atoms with Crippen LogP contribution in [0.4, 0.5) is 0 Å². The van der Waals surface area contributed by atoms with E-state index < -0.39 is 0 Å². The van der Waals surface area contributed by atoms with Crippen LogP contribution in [0.1, 0.15) is 35.8 Å². The van der Waals surface area contributed by atoms with Crippen molar-refractivity contribution in [3.8, 4) is 11.8 Å². The van der Waals surface area contributed by atoms with Crippen molar-refractivity contribution in [1.29, 1.82) is 5.26 Å². The van der Waals surface area contributed by atoms with Crippen LogP contribution in [0.25, 0.3) is 0 Å². The lowest BCUT2D eigenvalue weighted by molar-refractivity contribution is 0.288. The summed E-state index contributed by atoms with van der Waals surface area (Å²) >= 11 is 7.65. The molecule has 1 atom stereocenters. The average molecular weight is 425 g/mol. The topological polar surface area (TPSA) is 63.7 Å². The van der Waals surface area contributed by atoms with Crippen LogP contribution in [-0.2, 0) is 13.0 Å². The number of ether oxygens (including phenoxy) is 1. The molecule has 3 aromatic rings. The molecule has 1 saturated carbocycles. The summed E-state index contributed by atoms with van der Waals surface area (Å²) in [6.07, 6.45) is 2.87. The van der Waals surface area contributed by atoms with Crippen molar-refractivity contribution in [3.05, 3.63) is 70.5 Å². The van der Waals surface area contributed by atoms with E-state index in [1.54, 1.807) is 6.07 Å². The Morgan fingerprint density at radius 2 is 1.97 bits per heavy atom. The predicted molar refractivity (Wildman–Crippen MR) is 114 cm³/mol. The second-order valence-corrected chi connectivity index (χ2v) is 8.72. The van der Waals surface area contributed by atoms with Crippen LogP contribution in [-0.4, -0.2) is 20.0 Å². The fourth-order valence-electron chi connectivity index (χ4n) is 3.07. The Morgan fingerprint density at radius 3 is 2.66 bits per heavy atom. The van der Waals surface area contributed by atoms with Crippen LogP contribution in [0.15, 0.2) is 53.7 Å². The molecule has 0 bridgehead atoms. The summed E-state index contributed by atoms with van der Waals surface area (Å²) in [6.45, 7) is 2.35. The standard InChI is InChI=1S/C22H21ClN4OS/c1-15-6-8-16(9-7-15)12-18(13-24)29-22-26-25-21(27(22)17-10-11-17)14-28-20-5-3-2-4-19(20)23/h2-9,17-18H,10-12,14H2,1H3. The number of nitriles is 1. The average Bonchev–Trinajstić information content (AvgIpc) is 3.49. The zero-order valence-electron chi connectivity index (χ0n) is 16.1. The van der Waals surface area contributed by atoms with Crippen LogP contribution < -0.4 is 4.74 Å². The number of halogens is 1. The lowest BCUT2D eigenvalue weighted by Gasteiger charge is -2.12. The highest BCUT2D eigenvalue weighted by Crippen LogP contribution is 2.40. The third-order valence-electron chi connectivity index (χ3n) is 4.77. The van der Waals surface area contributed by atoms with Gasteiger partial charge in [-0.25, -0.2) is 0 Å². The summed E-state index contributed by atoms with van der Waals surface area (Å²) in [4.78, 5) is 0. The molecule has 7 heteroatoms. The molecule has 148 valence electrons. The number of hydrogen-bond acceptors (Lipinski definition) is 5. The van der Waals surface area contributed by atoms with E-state index in [9.17, 15) is 5.26 Å². The van der Waals surface area contributed by atoms with E-state index in [1.807, 2.05) is 18.2 Å². The maximum absolute atomic E-state index is 9.67. The van der Waals surface area contributed by atoms with Crippen molar-refractivity contribution < 1.29 is 4.74 Å². The Balaban J connectivity index is 1.48. The third-order valence-corrected chi connectivity index (χ3v) is 6.13. The largest absolute Gasteiger partial charge is 0.484 e. The molecule has 0 saturated heterocycles. The van der Waals surface area contributed by atoms with Gasteiger partial charge in [0.2, 0.25) is 0 Å². The molecule has 0 N–H and O–H groups in total. The summed E-state index contributed by atoms with van der Waals surface area (Å²) in [5.41, 5.74) is 2.36. The molecule has 0 radical (unpaired) electrons. The number of nitrogens with zero attached hydrogens (tertiary/aromatic N) is 4. The lowest BCUT2D eigenvalue weighted by Crippen LogP contribution is -2.10. The van der Waals surface area contributed by atoms with Gasteiger partial charge < -0.3 is 4.74 Å². The van der Waals surface area contributed by atoms with Crippen molar-refractivity contribution in [1.82, 2.24) is 14.8 Å². The van der Waals surface area contributed by atoms with Crippen molar-refractivity contribution in [3.63, 3.8) is 0 Å². The molecule has 1 fully saturated rings. The zero-order valence-corrected chi connectivity index (χ0v) is 17.7. The number of aromatic nitrogens is 3. The third kappa shape index (κ3) is 4.92. The quantitative estimate of drug-likeness (QED) is 0.454. The molecule has 2 aromatic carbocycles. The molecule has 1 aromatic heterocycles. The normalized spacial score (nSPS) is 14.4. The monoisotopic (exact) mass is 424 g/mol.